The molecule has 0 saturated carbocycles. The first-order valence-electron chi connectivity index (χ1n) is 7.06. The van der Waals surface area contributed by atoms with Gasteiger partial charge in [0.1, 0.15) is 12.4 Å². The second-order valence-corrected chi connectivity index (χ2v) is 5.86. The van der Waals surface area contributed by atoms with Crippen molar-refractivity contribution in [2.75, 3.05) is 18.9 Å². The molecule has 2 aromatic rings. The van der Waals surface area contributed by atoms with Crippen LogP contribution in [0.2, 0.25) is 5.02 Å². The fourth-order valence-electron chi connectivity index (χ4n) is 2.16. The van der Waals surface area contributed by atoms with Gasteiger partial charge in [-0.3, -0.25) is 4.79 Å². The van der Waals surface area contributed by atoms with Gasteiger partial charge in [-0.1, -0.05) is 29.8 Å². The summed E-state index contributed by atoms with van der Waals surface area (Å²) < 4.78 is 12.9. The zero-order valence-corrected chi connectivity index (χ0v) is 13.4. The largest absolute Gasteiger partial charge is 0.326 e. The van der Waals surface area contributed by atoms with Gasteiger partial charge in [0.2, 0.25) is 0 Å². The Morgan fingerprint density at radius 2 is 1.91 bits per heavy atom. The lowest BCUT2D eigenvalue weighted by atomic mass is 10.2. The molecule has 3 nitrogen and oxygen atoms in total. The quantitative estimate of drug-likeness (QED) is 0.871. The third-order valence-electron chi connectivity index (χ3n) is 3.34. The Bertz CT molecular complexity index is 658. The maximum absolute atomic E-state index is 12.9. The van der Waals surface area contributed by atoms with Crippen LogP contribution in [-0.4, -0.2) is 19.5 Å². The highest BCUT2D eigenvalue weighted by Gasteiger charge is 2.11. The Morgan fingerprint density at radius 3 is 2.55 bits per heavy atom. The topological polar surface area (TPSA) is 33.5 Å². The first-order chi connectivity index (χ1) is 10.4. The maximum atomic E-state index is 12.9. The molecule has 1 atom stereocenters. The number of aryl methyl sites for hydroxylation is 1. The van der Waals surface area contributed by atoms with Crippen molar-refractivity contribution in [1.29, 1.82) is 0 Å². The molecule has 0 aliphatic heterocycles. The first kappa shape index (κ1) is 16.5. The molecule has 2 rings (SSSR count). The minimum atomic E-state index is -0.254. The highest BCUT2D eigenvalue weighted by atomic mass is 35.5. The molecule has 0 aliphatic rings. The Kier molecular flexibility index (Phi) is 5.52. The summed E-state index contributed by atoms with van der Waals surface area (Å²) in [6.45, 7) is 2.89. The van der Waals surface area contributed by atoms with Gasteiger partial charge in [0.05, 0.1) is 7.05 Å². The zero-order chi connectivity index (χ0) is 16.1. The number of quaternary nitrogens is 1. The molecule has 0 bridgehead atoms. The molecule has 0 radical (unpaired) electrons. The second kappa shape index (κ2) is 7.38. The van der Waals surface area contributed by atoms with E-state index in [1.54, 1.807) is 18.2 Å². The van der Waals surface area contributed by atoms with E-state index in [9.17, 15) is 9.18 Å². The van der Waals surface area contributed by atoms with Crippen LogP contribution in [0, 0.1) is 12.7 Å². The van der Waals surface area contributed by atoms with Crippen molar-refractivity contribution in [2.24, 2.45) is 0 Å². The number of hydrogen-bond donors (Lipinski definition) is 2. The summed E-state index contributed by atoms with van der Waals surface area (Å²) in [6.07, 6.45) is 0. The lowest BCUT2D eigenvalue weighted by Gasteiger charge is -2.14. The molecule has 2 aromatic carbocycles. The molecule has 1 amide bonds. The van der Waals surface area contributed by atoms with Crippen LogP contribution in [0.25, 0.3) is 0 Å². The van der Waals surface area contributed by atoms with Gasteiger partial charge in [-0.15, -0.1) is 0 Å². The van der Waals surface area contributed by atoms with Gasteiger partial charge < -0.3 is 10.2 Å². The minimum absolute atomic E-state index is 0.0838. The molecule has 22 heavy (non-hydrogen) atoms. The van der Waals surface area contributed by atoms with Crippen LogP contribution >= 0.6 is 11.6 Å². The fraction of sp³-hybridized carbons (Fsp3) is 0.235. The van der Waals surface area contributed by atoms with Gasteiger partial charge in [0.15, 0.2) is 6.54 Å². The van der Waals surface area contributed by atoms with E-state index >= 15 is 0 Å². The van der Waals surface area contributed by atoms with Crippen LogP contribution in [0.4, 0.5) is 10.1 Å². The smallest absolute Gasteiger partial charge is 0.279 e. The first-order valence-corrected chi connectivity index (χ1v) is 7.43. The second-order valence-electron chi connectivity index (χ2n) is 5.45. The predicted molar refractivity (Wildman–Crippen MR) is 86.7 cm³/mol. The number of carbonyl (C=O) groups is 1. The SMILES string of the molecule is Cc1ccc(NC(=O)C[NH+](C)Cc2ccc(F)cc2)cc1Cl. The van der Waals surface area contributed by atoms with E-state index in [-0.39, 0.29) is 11.7 Å². The number of nitrogens with one attached hydrogen (secondary N) is 2. The van der Waals surface area contributed by atoms with Crippen molar-refractivity contribution in [2.45, 2.75) is 13.5 Å². The third-order valence-corrected chi connectivity index (χ3v) is 3.74. The van der Waals surface area contributed by atoms with E-state index in [1.165, 1.54) is 12.1 Å². The normalized spacial score (nSPS) is 12.0. The average Bonchev–Trinajstić information content (AvgIpc) is 2.45. The molecule has 2 N–H and O–H groups in total. The number of likely N-dealkylation sites (N-methyl/N-ethyl adjacent to an activating group) is 1. The number of carbonyl (C=O) groups excluding carboxylic acids is 1. The molecule has 0 heterocycles. The Morgan fingerprint density at radius 1 is 1.23 bits per heavy atom. The zero-order valence-electron chi connectivity index (χ0n) is 12.6. The molecular formula is C17H19ClFN2O+. The van der Waals surface area contributed by atoms with Crippen LogP contribution < -0.4 is 10.2 Å². The number of hydrogen-bond acceptors (Lipinski definition) is 1. The van der Waals surface area contributed by atoms with E-state index in [4.69, 9.17) is 11.6 Å². The van der Waals surface area contributed by atoms with E-state index in [2.05, 4.69) is 5.32 Å². The molecule has 5 heteroatoms. The molecule has 1 unspecified atom stereocenters. The Labute approximate surface area is 134 Å². The van der Waals surface area contributed by atoms with Gasteiger partial charge in [-0.25, -0.2) is 4.39 Å². The van der Waals surface area contributed by atoms with E-state index in [0.29, 0.717) is 23.8 Å². The van der Waals surface area contributed by atoms with E-state index in [0.717, 1.165) is 16.0 Å². The summed E-state index contributed by atoms with van der Waals surface area (Å²) in [7, 11) is 1.92. The summed E-state index contributed by atoms with van der Waals surface area (Å²) >= 11 is 6.04. The third kappa shape index (κ3) is 4.83. The van der Waals surface area contributed by atoms with Gasteiger partial charge in [0, 0.05) is 16.3 Å². The van der Waals surface area contributed by atoms with Crippen molar-refractivity contribution in [3.63, 3.8) is 0 Å². The lowest BCUT2D eigenvalue weighted by Crippen LogP contribution is -3.08. The van der Waals surface area contributed by atoms with E-state index < -0.39 is 0 Å². The van der Waals surface area contributed by atoms with Gasteiger partial charge in [-0.2, -0.15) is 0 Å². The fourth-order valence-corrected chi connectivity index (χ4v) is 2.34. The summed E-state index contributed by atoms with van der Waals surface area (Å²) in [5.74, 6) is -0.338. The van der Waals surface area contributed by atoms with Crippen LogP contribution in [0.15, 0.2) is 42.5 Å². The van der Waals surface area contributed by atoms with Gasteiger partial charge in [-0.05, 0) is 36.8 Å². The average molecular weight is 322 g/mol. The highest BCUT2D eigenvalue weighted by Crippen LogP contribution is 2.19. The summed E-state index contributed by atoms with van der Waals surface area (Å²) in [6, 6.07) is 11.8. The van der Waals surface area contributed by atoms with Crippen molar-refractivity contribution < 1.29 is 14.1 Å². The van der Waals surface area contributed by atoms with E-state index in [1.807, 2.05) is 26.1 Å². The minimum Gasteiger partial charge on any atom is -0.326 e. The van der Waals surface area contributed by atoms with Gasteiger partial charge in [0.25, 0.3) is 5.91 Å². The monoisotopic (exact) mass is 321 g/mol. The Hall–Kier alpha value is -1.91. The van der Waals surface area contributed by atoms with Crippen molar-refractivity contribution >= 4 is 23.2 Å². The molecule has 0 aliphatic carbocycles. The molecular weight excluding hydrogens is 303 g/mol. The standard InChI is InChI=1S/C17H18ClFN2O/c1-12-3-8-15(9-16(12)18)20-17(22)11-21(2)10-13-4-6-14(19)7-5-13/h3-9H,10-11H2,1-2H3,(H,20,22)/p+1. The number of rotatable bonds is 5. The van der Waals surface area contributed by atoms with Crippen LogP contribution in [0.3, 0.4) is 0 Å². The number of halogens is 2. The summed E-state index contributed by atoms with van der Waals surface area (Å²) in [4.78, 5) is 13.0. The molecule has 116 valence electrons. The molecule has 0 aromatic heterocycles. The predicted octanol–water partition coefficient (Wildman–Crippen LogP) is 2.44. The molecule has 0 fully saturated rings. The van der Waals surface area contributed by atoms with Crippen LogP contribution in [0.1, 0.15) is 11.1 Å². The maximum Gasteiger partial charge on any atom is 0.279 e. The number of benzene rings is 2. The van der Waals surface area contributed by atoms with Crippen LogP contribution in [0.5, 0.6) is 0 Å². The Balaban J connectivity index is 1.88. The number of amides is 1. The van der Waals surface area contributed by atoms with Crippen LogP contribution in [-0.2, 0) is 11.3 Å². The van der Waals surface area contributed by atoms with Crippen molar-refractivity contribution in [1.82, 2.24) is 0 Å². The van der Waals surface area contributed by atoms with Crippen molar-refractivity contribution in [3.05, 3.63) is 64.4 Å². The molecule has 0 spiro atoms. The lowest BCUT2D eigenvalue weighted by molar-refractivity contribution is -0.885. The summed E-state index contributed by atoms with van der Waals surface area (Å²) in [5, 5.41) is 3.46. The van der Waals surface area contributed by atoms with Crippen molar-refractivity contribution in [3.8, 4) is 0 Å². The highest BCUT2D eigenvalue weighted by molar-refractivity contribution is 6.31. The molecule has 0 saturated heterocycles. The summed E-state index contributed by atoms with van der Waals surface area (Å²) in [5.41, 5.74) is 2.65. The van der Waals surface area contributed by atoms with Gasteiger partial charge >= 0.3 is 0 Å². The number of anilines is 1.